The number of carbonyl (C=O) groups is 2. The van der Waals surface area contributed by atoms with Gasteiger partial charge in [-0.2, -0.15) is 0 Å². The second-order valence-corrected chi connectivity index (χ2v) is 12.2. The van der Waals surface area contributed by atoms with E-state index in [1.54, 1.807) is 34.2 Å². The van der Waals surface area contributed by atoms with E-state index < -0.39 is 17.3 Å². The summed E-state index contributed by atoms with van der Waals surface area (Å²) in [6, 6.07) is 6.58. The Kier molecular flexibility index (Phi) is 8.72. The first-order valence-electron chi connectivity index (χ1n) is 13.8. The molecule has 11 nitrogen and oxygen atoms in total. The molecule has 40 heavy (non-hydrogen) atoms. The van der Waals surface area contributed by atoms with Crippen molar-refractivity contribution in [1.82, 2.24) is 14.9 Å². The van der Waals surface area contributed by atoms with Gasteiger partial charge in [-0.05, 0) is 66.5 Å². The standard InChI is InChI=1S/C29H41N5O6/c1-28(2,3)39-26(36)33-13-11-32(12-14-33)25-19-22(35)18-23(31-25)20-7-10-30-24(17-20)34(21-8-15-38-16-9-21)27(37)40-29(4,5)6/h7,10,17-19,21H,8-9,11-16H2,1-6H3,(H,31,35). The van der Waals surface area contributed by atoms with Gasteiger partial charge in [0.15, 0.2) is 5.43 Å². The molecule has 11 heteroatoms. The van der Waals surface area contributed by atoms with E-state index in [0.29, 0.717) is 69.6 Å². The molecule has 4 heterocycles. The maximum atomic E-state index is 13.3. The highest BCUT2D eigenvalue weighted by Gasteiger charge is 2.32. The van der Waals surface area contributed by atoms with Crippen LogP contribution in [0.25, 0.3) is 11.3 Å². The van der Waals surface area contributed by atoms with Gasteiger partial charge < -0.3 is 29.0 Å². The molecule has 218 valence electrons. The molecule has 2 aliphatic rings. The number of aromatic amines is 1. The molecule has 4 rings (SSSR count). The second-order valence-electron chi connectivity index (χ2n) is 12.2. The molecule has 0 unspecified atom stereocenters. The largest absolute Gasteiger partial charge is 0.444 e. The summed E-state index contributed by atoms with van der Waals surface area (Å²) in [6.45, 7) is 14.2. The van der Waals surface area contributed by atoms with Crippen molar-refractivity contribution in [1.29, 1.82) is 0 Å². The van der Waals surface area contributed by atoms with E-state index >= 15 is 0 Å². The van der Waals surface area contributed by atoms with Gasteiger partial charge in [0.1, 0.15) is 22.8 Å². The van der Waals surface area contributed by atoms with Gasteiger partial charge in [-0.3, -0.25) is 9.69 Å². The fourth-order valence-electron chi connectivity index (χ4n) is 4.71. The van der Waals surface area contributed by atoms with Gasteiger partial charge >= 0.3 is 12.2 Å². The van der Waals surface area contributed by atoms with Crippen LogP contribution < -0.4 is 15.2 Å². The van der Waals surface area contributed by atoms with E-state index in [1.807, 2.05) is 46.4 Å². The Morgan fingerprint density at radius 1 is 0.975 bits per heavy atom. The molecule has 2 fully saturated rings. The smallest absolute Gasteiger partial charge is 0.416 e. The van der Waals surface area contributed by atoms with Gasteiger partial charge in [0.2, 0.25) is 0 Å². The van der Waals surface area contributed by atoms with Crippen LogP contribution in [0.4, 0.5) is 21.2 Å². The lowest BCUT2D eigenvalue weighted by Crippen LogP contribution is -2.50. The number of amides is 2. The molecular weight excluding hydrogens is 514 g/mol. The number of nitrogens with one attached hydrogen (secondary N) is 1. The Bertz CT molecular complexity index is 1250. The van der Waals surface area contributed by atoms with Gasteiger partial charge in [0, 0.05) is 69.3 Å². The molecule has 1 N–H and O–H groups in total. The summed E-state index contributed by atoms with van der Waals surface area (Å²) >= 11 is 0. The van der Waals surface area contributed by atoms with Gasteiger partial charge in [0.05, 0.1) is 5.69 Å². The second kappa shape index (κ2) is 11.9. The van der Waals surface area contributed by atoms with E-state index in [2.05, 4.69) is 9.97 Å². The molecule has 2 aromatic rings. The number of pyridine rings is 2. The van der Waals surface area contributed by atoms with Crippen LogP contribution in [0, 0.1) is 0 Å². The zero-order valence-corrected chi connectivity index (χ0v) is 24.4. The minimum Gasteiger partial charge on any atom is -0.444 e. The minimum absolute atomic E-state index is 0.113. The molecule has 2 amide bonds. The number of rotatable bonds is 4. The van der Waals surface area contributed by atoms with Crippen LogP contribution in [0.1, 0.15) is 54.4 Å². The van der Waals surface area contributed by atoms with Crippen molar-refractivity contribution in [2.75, 3.05) is 49.2 Å². The van der Waals surface area contributed by atoms with Crippen molar-refractivity contribution in [3.05, 3.63) is 40.7 Å². The van der Waals surface area contributed by atoms with Crippen LogP contribution in [0.2, 0.25) is 0 Å². The number of hydrogen-bond donors (Lipinski definition) is 1. The lowest BCUT2D eigenvalue weighted by molar-refractivity contribution is 0.0240. The van der Waals surface area contributed by atoms with Crippen LogP contribution in [0.5, 0.6) is 0 Å². The average molecular weight is 556 g/mol. The van der Waals surface area contributed by atoms with Gasteiger partial charge in [0.25, 0.3) is 0 Å². The van der Waals surface area contributed by atoms with Crippen molar-refractivity contribution in [3.8, 4) is 11.3 Å². The highest BCUT2D eigenvalue weighted by Crippen LogP contribution is 2.28. The molecule has 2 aliphatic heterocycles. The Labute approximate surface area is 235 Å². The molecule has 0 aromatic carbocycles. The molecule has 0 atom stereocenters. The number of H-pyrrole nitrogens is 1. The number of nitrogens with zero attached hydrogens (tertiary/aromatic N) is 4. The molecule has 0 aliphatic carbocycles. The number of hydrogen-bond acceptors (Lipinski definition) is 8. The van der Waals surface area contributed by atoms with Crippen molar-refractivity contribution in [3.63, 3.8) is 0 Å². The number of ether oxygens (including phenoxy) is 3. The summed E-state index contributed by atoms with van der Waals surface area (Å²) in [5.74, 6) is 1.12. The highest BCUT2D eigenvalue weighted by atomic mass is 16.6. The van der Waals surface area contributed by atoms with E-state index in [0.717, 1.165) is 5.56 Å². The van der Waals surface area contributed by atoms with Crippen molar-refractivity contribution < 1.29 is 23.8 Å². The molecule has 2 aromatic heterocycles. The summed E-state index contributed by atoms with van der Waals surface area (Å²) in [5, 5.41) is 0. The molecule has 0 radical (unpaired) electrons. The van der Waals surface area contributed by atoms with Crippen LogP contribution in [0.3, 0.4) is 0 Å². The predicted molar refractivity (Wildman–Crippen MR) is 153 cm³/mol. The third kappa shape index (κ3) is 7.74. The molecule has 0 saturated carbocycles. The Morgan fingerprint density at radius 3 is 2.25 bits per heavy atom. The van der Waals surface area contributed by atoms with Gasteiger partial charge in [-0.25, -0.2) is 14.6 Å². The van der Waals surface area contributed by atoms with Crippen molar-refractivity contribution in [2.45, 2.75) is 71.6 Å². The number of carbonyl (C=O) groups excluding carboxylic acids is 2. The minimum atomic E-state index is -0.662. The first-order chi connectivity index (χ1) is 18.8. The number of piperazine rings is 1. The zero-order valence-electron chi connectivity index (χ0n) is 24.4. The molecule has 0 spiro atoms. The van der Waals surface area contributed by atoms with Crippen molar-refractivity contribution >= 4 is 23.8 Å². The highest BCUT2D eigenvalue weighted by molar-refractivity contribution is 5.88. The maximum Gasteiger partial charge on any atom is 0.416 e. The normalized spacial score (nSPS) is 16.9. The van der Waals surface area contributed by atoms with E-state index in [4.69, 9.17) is 14.2 Å². The fraction of sp³-hybridized carbons (Fsp3) is 0.586. The quantitative estimate of drug-likeness (QED) is 0.590. The van der Waals surface area contributed by atoms with E-state index in [9.17, 15) is 14.4 Å². The Hall–Kier alpha value is -3.60. The first kappa shape index (κ1) is 29.4. The lowest BCUT2D eigenvalue weighted by Gasteiger charge is -2.36. The topological polar surface area (TPSA) is 117 Å². The molecule has 0 bridgehead atoms. The third-order valence-electron chi connectivity index (χ3n) is 6.55. The zero-order chi connectivity index (χ0) is 29.1. The average Bonchev–Trinajstić information content (AvgIpc) is 2.87. The van der Waals surface area contributed by atoms with E-state index in [-0.39, 0.29) is 17.6 Å². The monoisotopic (exact) mass is 555 g/mol. The van der Waals surface area contributed by atoms with Gasteiger partial charge in [-0.15, -0.1) is 0 Å². The van der Waals surface area contributed by atoms with Crippen LogP contribution in [0.15, 0.2) is 35.3 Å². The summed E-state index contributed by atoms with van der Waals surface area (Å²) in [7, 11) is 0. The van der Waals surface area contributed by atoms with Gasteiger partial charge in [-0.1, -0.05) is 0 Å². The molecule has 2 saturated heterocycles. The van der Waals surface area contributed by atoms with Crippen LogP contribution >= 0.6 is 0 Å². The lowest BCUT2D eigenvalue weighted by atomic mass is 10.1. The summed E-state index contributed by atoms with van der Waals surface area (Å²) < 4.78 is 16.7. The van der Waals surface area contributed by atoms with Crippen molar-refractivity contribution in [2.24, 2.45) is 0 Å². The summed E-state index contributed by atoms with van der Waals surface area (Å²) in [5.41, 5.74) is -0.0365. The Morgan fingerprint density at radius 2 is 1.62 bits per heavy atom. The third-order valence-corrected chi connectivity index (χ3v) is 6.55. The fourth-order valence-corrected chi connectivity index (χ4v) is 4.71. The first-order valence-corrected chi connectivity index (χ1v) is 13.8. The van der Waals surface area contributed by atoms with E-state index in [1.165, 1.54) is 6.07 Å². The summed E-state index contributed by atoms with van der Waals surface area (Å²) in [4.78, 5) is 51.7. The Balaban J connectivity index is 1.56. The SMILES string of the molecule is CC(C)(C)OC(=O)N1CCN(c2cc(=O)cc(-c3ccnc(N(C(=O)OC(C)(C)C)C4CCOCC4)c3)[nH]2)CC1. The van der Waals surface area contributed by atoms with Crippen LogP contribution in [-0.2, 0) is 14.2 Å². The molecular formula is C29H41N5O6. The maximum absolute atomic E-state index is 13.3. The predicted octanol–water partition coefficient (Wildman–Crippen LogP) is 4.41. The number of anilines is 2. The number of aromatic nitrogens is 2. The van der Waals surface area contributed by atoms with Crippen LogP contribution in [-0.4, -0.2) is 83.7 Å². The summed E-state index contributed by atoms with van der Waals surface area (Å²) in [6.07, 6.45) is 2.18.